The number of benzene rings is 2. The largest absolute Gasteiger partial charge is 0.454 e. The van der Waals surface area contributed by atoms with Gasteiger partial charge in [-0.15, -0.1) is 0 Å². The number of imide groups is 1. The first-order valence-corrected chi connectivity index (χ1v) is 12.3. The maximum atomic E-state index is 13.2. The van der Waals surface area contributed by atoms with Crippen molar-refractivity contribution >= 4 is 81.6 Å². The average Bonchev–Trinajstić information content (AvgIpc) is 3.10. The Morgan fingerprint density at radius 1 is 0.917 bits per heavy atom. The molecule has 0 saturated carbocycles. The molecule has 3 amide bonds. The molecule has 0 aliphatic carbocycles. The summed E-state index contributed by atoms with van der Waals surface area (Å²) in [7, 11) is 0. The lowest BCUT2D eigenvalue weighted by Crippen LogP contribution is -2.46. The van der Waals surface area contributed by atoms with Crippen LogP contribution >= 0.6 is 46.4 Å². The Morgan fingerprint density at radius 2 is 1.44 bits per heavy atom. The number of fused-ring (bicyclic) bond motifs is 1. The SMILES string of the molecule is CCCC[C@H](C(=O)OCC(=O)Nc1ccc(C(C)=O)cc1)N1C(=O)c2c(Cl)c(Cl)c(Cl)c(Cl)c2C1=O. The number of halogens is 4. The number of ether oxygens (including phenoxy) is 1. The molecule has 0 bridgehead atoms. The molecule has 1 aliphatic rings. The second-order valence-corrected chi connectivity index (χ2v) is 9.45. The van der Waals surface area contributed by atoms with Crippen LogP contribution in [0.2, 0.25) is 20.1 Å². The quantitative estimate of drug-likeness (QED) is 0.133. The summed E-state index contributed by atoms with van der Waals surface area (Å²) >= 11 is 24.4. The van der Waals surface area contributed by atoms with Gasteiger partial charge in [-0.3, -0.25) is 24.1 Å². The number of Topliss-reactive ketones (excluding diaryl/α,β-unsaturated/α-hetero) is 1. The highest BCUT2D eigenvalue weighted by molar-refractivity contribution is 6.55. The highest BCUT2D eigenvalue weighted by Crippen LogP contribution is 2.45. The van der Waals surface area contributed by atoms with Gasteiger partial charge in [-0.05, 0) is 37.6 Å². The van der Waals surface area contributed by atoms with E-state index < -0.39 is 36.3 Å². The van der Waals surface area contributed by atoms with Crippen molar-refractivity contribution in [3.63, 3.8) is 0 Å². The normalized spacial score (nSPS) is 13.4. The van der Waals surface area contributed by atoms with Crippen LogP contribution in [-0.4, -0.2) is 47.0 Å². The highest BCUT2D eigenvalue weighted by atomic mass is 35.5. The molecule has 1 aliphatic heterocycles. The van der Waals surface area contributed by atoms with Crippen LogP contribution in [0.4, 0.5) is 5.69 Å². The van der Waals surface area contributed by atoms with Crippen molar-refractivity contribution in [2.45, 2.75) is 39.2 Å². The first-order chi connectivity index (χ1) is 17.0. The number of amides is 3. The van der Waals surface area contributed by atoms with Crippen molar-refractivity contribution in [3.05, 3.63) is 61.0 Å². The van der Waals surface area contributed by atoms with Gasteiger partial charge in [0.1, 0.15) is 6.04 Å². The molecular formula is C24H20Cl4N2O6. The van der Waals surface area contributed by atoms with E-state index in [1.54, 1.807) is 12.1 Å². The lowest BCUT2D eigenvalue weighted by atomic mass is 10.1. The standard InChI is InChI=1S/C24H20Cl4N2O6/c1-3-4-5-14(24(35)36-10-15(32)29-13-8-6-12(7-9-13)11(2)31)30-22(33)16-17(23(30)34)19(26)21(28)20(27)18(16)25/h6-9,14H,3-5,10H2,1-2H3,(H,29,32)/t14-/m1/s1. The molecule has 0 aromatic heterocycles. The molecule has 0 radical (unpaired) electrons. The number of rotatable bonds is 9. The molecule has 1 N–H and O–H groups in total. The van der Waals surface area contributed by atoms with Gasteiger partial charge in [0.05, 0.1) is 31.2 Å². The third kappa shape index (κ3) is 5.52. The van der Waals surface area contributed by atoms with Crippen molar-refractivity contribution in [3.8, 4) is 0 Å². The molecular weight excluding hydrogens is 554 g/mol. The van der Waals surface area contributed by atoms with Crippen molar-refractivity contribution in [1.82, 2.24) is 4.90 Å². The Hall–Kier alpha value is -2.65. The smallest absolute Gasteiger partial charge is 0.329 e. The molecule has 0 fully saturated rings. The van der Waals surface area contributed by atoms with Gasteiger partial charge in [0.2, 0.25) is 0 Å². The molecule has 2 aromatic carbocycles. The van der Waals surface area contributed by atoms with Crippen molar-refractivity contribution in [1.29, 1.82) is 0 Å². The van der Waals surface area contributed by atoms with Crippen LogP contribution in [0, 0.1) is 0 Å². The van der Waals surface area contributed by atoms with Crippen LogP contribution in [0.1, 0.15) is 64.2 Å². The van der Waals surface area contributed by atoms with Gasteiger partial charge in [0, 0.05) is 11.3 Å². The predicted octanol–water partition coefficient (Wildman–Crippen LogP) is 5.84. The Labute approximate surface area is 226 Å². The fourth-order valence-corrected chi connectivity index (χ4v) is 4.63. The van der Waals surface area contributed by atoms with Gasteiger partial charge in [0.15, 0.2) is 12.4 Å². The van der Waals surface area contributed by atoms with E-state index in [1.807, 2.05) is 6.92 Å². The number of carbonyl (C=O) groups excluding carboxylic acids is 5. The van der Waals surface area contributed by atoms with Crippen LogP contribution in [0.15, 0.2) is 24.3 Å². The van der Waals surface area contributed by atoms with E-state index >= 15 is 0 Å². The summed E-state index contributed by atoms with van der Waals surface area (Å²) in [5.74, 6) is -3.47. The summed E-state index contributed by atoms with van der Waals surface area (Å²) in [6, 6.07) is 4.82. The van der Waals surface area contributed by atoms with Crippen LogP contribution < -0.4 is 5.32 Å². The number of unbranched alkanes of at least 4 members (excludes halogenated alkanes) is 1. The zero-order valence-electron chi connectivity index (χ0n) is 19.1. The average molecular weight is 574 g/mol. The fraction of sp³-hybridized carbons (Fsp3) is 0.292. The number of anilines is 1. The summed E-state index contributed by atoms with van der Waals surface area (Å²) in [6.07, 6.45) is 1.22. The fourth-order valence-electron chi connectivity index (χ4n) is 3.62. The number of hydrogen-bond acceptors (Lipinski definition) is 6. The topological polar surface area (TPSA) is 110 Å². The molecule has 190 valence electrons. The molecule has 3 rings (SSSR count). The van der Waals surface area contributed by atoms with E-state index in [0.717, 1.165) is 0 Å². The number of hydrogen-bond donors (Lipinski definition) is 1. The first kappa shape index (κ1) is 27.9. The molecule has 36 heavy (non-hydrogen) atoms. The maximum absolute atomic E-state index is 13.2. The van der Waals surface area contributed by atoms with Crippen LogP contribution in [0.5, 0.6) is 0 Å². The Bertz CT molecular complexity index is 1220. The van der Waals surface area contributed by atoms with E-state index in [-0.39, 0.29) is 43.4 Å². The van der Waals surface area contributed by atoms with Gasteiger partial charge in [-0.2, -0.15) is 0 Å². The summed E-state index contributed by atoms with van der Waals surface area (Å²) in [5, 5.41) is 1.66. The molecule has 1 heterocycles. The lowest BCUT2D eigenvalue weighted by molar-refractivity contribution is -0.151. The Balaban J connectivity index is 1.77. The number of nitrogens with zero attached hydrogens (tertiary/aromatic N) is 1. The van der Waals surface area contributed by atoms with E-state index in [0.29, 0.717) is 29.0 Å². The highest BCUT2D eigenvalue weighted by Gasteiger charge is 2.47. The third-order valence-corrected chi connectivity index (χ3v) is 7.27. The second kappa shape index (κ2) is 11.6. The number of ketones is 1. The first-order valence-electron chi connectivity index (χ1n) is 10.8. The predicted molar refractivity (Wildman–Crippen MR) is 136 cm³/mol. The monoisotopic (exact) mass is 572 g/mol. The minimum atomic E-state index is -1.33. The van der Waals surface area contributed by atoms with Crippen molar-refractivity contribution in [2.75, 3.05) is 11.9 Å². The van der Waals surface area contributed by atoms with Crippen molar-refractivity contribution in [2.24, 2.45) is 0 Å². The van der Waals surface area contributed by atoms with Gasteiger partial charge < -0.3 is 10.1 Å². The molecule has 0 saturated heterocycles. The Kier molecular flexibility index (Phi) is 9.00. The van der Waals surface area contributed by atoms with Gasteiger partial charge in [-0.1, -0.05) is 66.2 Å². The van der Waals surface area contributed by atoms with Crippen LogP contribution in [0.3, 0.4) is 0 Å². The molecule has 0 spiro atoms. The summed E-state index contributed by atoms with van der Waals surface area (Å²) in [5.41, 5.74) is 0.369. The van der Waals surface area contributed by atoms with E-state index in [1.165, 1.54) is 19.1 Å². The molecule has 12 heteroatoms. The van der Waals surface area contributed by atoms with E-state index in [2.05, 4.69) is 5.32 Å². The molecule has 2 aromatic rings. The Morgan fingerprint density at radius 3 is 1.92 bits per heavy atom. The third-order valence-electron chi connectivity index (χ3n) is 5.47. The number of carbonyl (C=O) groups is 5. The zero-order chi connectivity index (χ0) is 26.7. The molecule has 1 atom stereocenters. The minimum absolute atomic E-state index is 0.0889. The molecule has 0 unspecified atom stereocenters. The summed E-state index contributed by atoms with van der Waals surface area (Å²) in [4.78, 5) is 63.6. The van der Waals surface area contributed by atoms with Gasteiger partial charge >= 0.3 is 5.97 Å². The van der Waals surface area contributed by atoms with E-state index in [4.69, 9.17) is 51.1 Å². The summed E-state index contributed by atoms with van der Waals surface area (Å²) in [6.45, 7) is 2.61. The second-order valence-electron chi connectivity index (χ2n) is 7.93. The minimum Gasteiger partial charge on any atom is -0.454 e. The molecule has 8 nitrogen and oxygen atoms in total. The van der Waals surface area contributed by atoms with Gasteiger partial charge in [-0.25, -0.2) is 4.79 Å². The van der Waals surface area contributed by atoms with Crippen LogP contribution in [0.25, 0.3) is 0 Å². The zero-order valence-corrected chi connectivity index (χ0v) is 22.1. The van der Waals surface area contributed by atoms with Crippen LogP contribution in [-0.2, 0) is 14.3 Å². The van der Waals surface area contributed by atoms with E-state index in [9.17, 15) is 24.0 Å². The number of esters is 1. The van der Waals surface area contributed by atoms with Gasteiger partial charge in [0.25, 0.3) is 17.7 Å². The number of nitrogens with one attached hydrogen (secondary N) is 1. The lowest BCUT2D eigenvalue weighted by Gasteiger charge is -2.24. The maximum Gasteiger partial charge on any atom is 0.329 e. The van der Waals surface area contributed by atoms with Crippen molar-refractivity contribution < 1.29 is 28.7 Å². The summed E-state index contributed by atoms with van der Waals surface area (Å²) < 4.78 is 5.14.